The van der Waals surface area contributed by atoms with E-state index in [1.54, 1.807) is 0 Å². The molecule has 1 aliphatic rings. The quantitative estimate of drug-likeness (QED) is 0.118. The highest BCUT2D eigenvalue weighted by Gasteiger charge is 2.49. The summed E-state index contributed by atoms with van der Waals surface area (Å²) in [6.45, 7) is 2.02. The number of hydrogen-bond donors (Lipinski definition) is 0. The molecule has 6 aromatic carbocycles. The van der Waals surface area contributed by atoms with E-state index >= 15 is 0 Å². The van der Waals surface area contributed by atoms with Crippen molar-refractivity contribution < 1.29 is 23.7 Å². The van der Waals surface area contributed by atoms with Crippen LogP contribution in [0.15, 0.2) is 164 Å². The van der Waals surface area contributed by atoms with E-state index in [0.29, 0.717) is 33.0 Å². The fourth-order valence-corrected chi connectivity index (χ4v) is 6.44. The Morgan fingerprint density at radius 3 is 1.41 bits per heavy atom. The molecule has 5 nitrogen and oxygen atoms in total. The zero-order chi connectivity index (χ0) is 33.1. The van der Waals surface area contributed by atoms with E-state index < -0.39 is 30.5 Å². The van der Waals surface area contributed by atoms with Crippen LogP contribution >= 0.6 is 0 Å². The summed E-state index contributed by atoms with van der Waals surface area (Å²) in [5.74, 6) is 0. The van der Waals surface area contributed by atoms with E-state index in [9.17, 15) is 0 Å². The van der Waals surface area contributed by atoms with Crippen LogP contribution in [-0.4, -0.2) is 31.0 Å². The number of rotatable bonds is 14. The Balaban J connectivity index is 1.25. The van der Waals surface area contributed by atoms with Crippen LogP contribution in [0, 0.1) is 0 Å². The first-order valence-corrected chi connectivity index (χ1v) is 17.0. The average molecular weight is 651 g/mol. The van der Waals surface area contributed by atoms with Crippen molar-refractivity contribution in [2.45, 2.75) is 56.9 Å². The smallest absolute Gasteiger partial charge is 0.117 e. The molecule has 6 aromatic rings. The molecule has 0 aromatic heterocycles. The Labute approximate surface area is 289 Å². The van der Waals surface area contributed by atoms with E-state index in [0.717, 1.165) is 33.2 Å². The Bertz CT molecular complexity index is 1850. The summed E-state index contributed by atoms with van der Waals surface area (Å²) in [4.78, 5) is 0. The molecule has 5 atom stereocenters. The Morgan fingerprint density at radius 1 is 0.408 bits per heavy atom. The molecule has 1 aliphatic heterocycles. The highest BCUT2D eigenvalue weighted by atomic mass is 16.6. The van der Waals surface area contributed by atoms with Gasteiger partial charge in [-0.25, -0.2) is 0 Å². The molecule has 1 heterocycles. The van der Waals surface area contributed by atoms with Gasteiger partial charge in [0.25, 0.3) is 0 Å². The van der Waals surface area contributed by atoms with E-state index in [1.165, 1.54) is 5.39 Å². The maximum atomic E-state index is 7.09. The predicted molar refractivity (Wildman–Crippen MR) is 193 cm³/mol. The van der Waals surface area contributed by atoms with Gasteiger partial charge in [0, 0.05) is 0 Å². The lowest BCUT2D eigenvalue weighted by Crippen LogP contribution is -2.58. The first kappa shape index (κ1) is 32.9. The fourth-order valence-electron chi connectivity index (χ4n) is 6.44. The SMILES string of the molecule is c1ccc(COC[C@H]2O[C@@H](c3ccc4ccccc4c3)[C@H](OCc3ccccc3)[C@@H](OCc3ccccc3)[C@@H]2OCc2ccccc2)cc1. The second kappa shape index (κ2) is 16.7. The summed E-state index contributed by atoms with van der Waals surface area (Å²) < 4.78 is 34.1. The van der Waals surface area contributed by atoms with Gasteiger partial charge in [-0.3, -0.25) is 0 Å². The highest BCUT2D eigenvalue weighted by Crippen LogP contribution is 2.39. The van der Waals surface area contributed by atoms with Gasteiger partial charge in [-0.2, -0.15) is 0 Å². The number of fused-ring (bicyclic) bond motifs is 1. The molecule has 1 fully saturated rings. The molecule has 49 heavy (non-hydrogen) atoms. The zero-order valence-corrected chi connectivity index (χ0v) is 27.6. The molecule has 0 aliphatic carbocycles. The van der Waals surface area contributed by atoms with Crippen LogP contribution in [-0.2, 0) is 50.1 Å². The van der Waals surface area contributed by atoms with Gasteiger partial charge in [0.05, 0.1) is 33.0 Å². The molecule has 0 saturated carbocycles. The van der Waals surface area contributed by atoms with Gasteiger partial charge in [0.1, 0.15) is 30.5 Å². The van der Waals surface area contributed by atoms with Gasteiger partial charge >= 0.3 is 0 Å². The van der Waals surface area contributed by atoms with Crippen LogP contribution < -0.4 is 0 Å². The summed E-state index contributed by atoms with van der Waals surface area (Å²) in [6, 6.07) is 55.8. The minimum absolute atomic E-state index is 0.328. The summed E-state index contributed by atoms with van der Waals surface area (Å²) in [7, 11) is 0. The lowest BCUT2D eigenvalue weighted by atomic mass is 9.89. The number of hydrogen-bond acceptors (Lipinski definition) is 5. The van der Waals surface area contributed by atoms with Gasteiger partial charge < -0.3 is 23.7 Å². The van der Waals surface area contributed by atoms with E-state index in [2.05, 4.69) is 91.0 Å². The highest BCUT2D eigenvalue weighted by molar-refractivity contribution is 5.83. The van der Waals surface area contributed by atoms with Gasteiger partial charge in [-0.15, -0.1) is 0 Å². The largest absolute Gasteiger partial charge is 0.374 e. The molecule has 0 radical (unpaired) electrons. The average Bonchev–Trinajstić information content (AvgIpc) is 3.17. The first-order valence-electron chi connectivity index (χ1n) is 17.0. The van der Waals surface area contributed by atoms with E-state index in [-0.39, 0.29) is 0 Å². The molecule has 0 bridgehead atoms. The minimum Gasteiger partial charge on any atom is -0.374 e. The predicted octanol–water partition coefficient (Wildman–Crippen LogP) is 9.25. The second-order valence-corrected chi connectivity index (χ2v) is 12.5. The van der Waals surface area contributed by atoms with Crippen molar-refractivity contribution in [1.82, 2.24) is 0 Å². The zero-order valence-electron chi connectivity index (χ0n) is 27.6. The fraction of sp³-hybridized carbons (Fsp3) is 0.227. The number of benzene rings is 6. The molecule has 248 valence electrons. The Kier molecular flexibility index (Phi) is 11.2. The van der Waals surface area contributed by atoms with Crippen LogP contribution in [0.4, 0.5) is 0 Å². The lowest BCUT2D eigenvalue weighted by Gasteiger charge is -2.46. The third-order valence-electron chi connectivity index (χ3n) is 8.99. The molecule has 0 spiro atoms. The minimum atomic E-state index is -0.476. The van der Waals surface area contributed by atoms with Crippen molar-refractivity contribution in [1.29, 1.82) is 0 Å². The third-order valence-corrected chi connectivity index (χ3v) is 8.99. The van der Waals surface area contributed by atoms with E-state index in [4.69, 9.17) is 23.7 Å². The third kappa shape index (κ3) is 8.70. The van der Waals surface area contributed by atoms with Crippen molar-refractivity contribution >= 4 is 10.8 Å². The van der Waals surface area contributed by atoms with E-state index in [1.807, 2.05) is 72.8 Å². The molecule has 7 rings (SSSR count). The molecule has 0 N–H and O–H groups in total. The molecular formula is C44H42O5. The summed E-state index contributed by atoms with van der Waals surface area (Å²) in [5, 5.41) is 2.32. The normalized spacial score (nSPS) is 20.7. The van der Waals surface area contributed by atoms with Crippen LogP contribution in [0.5, 0.6) is 0 Å². The van der Waals surface area contributed by atoms with Crippen LogP contribution in [0.1, 0.15) is 33.9 Å². The standard InChI is InChI=1S/C44H42O5/c1-5-15-33(16-6-1)28-45-32-40-42(46-29-34-17-7-2-8-18-34)44(48-31-36-21-11-4-12-22-36)43(47-30-35-19-9-3-10-20-35)41(49-40)39-26-25-37-23-13-14-24-38(37)27-39/h1-27,40-44H,28-32H2/t40-,41+,42-,43+,44+/m1/s1. The lowest BCUT2D eigenvalue weighted by molar-refractivity contribution is -0.275. The molecule has 5 heteroatoms. The molecule has 0 amide bonds. The van der Waals surface area contributed by atoms with Crippen LogP contribution in [0.25, 0.3) is 10.8 Å². The Morgan fingerprint density at radius 2 is 0.857 bits per heavy atom. The molecular weight excluding hydrogens is 608 g/mol. The first-order chi connectivity index (χ1) is 24.3. The monoisotopic (exact) mass is 650 g/mol. The summed E-state index contributed by atoms with van der Waals surface area (Å²) >= 11 is 0. The summed E-state index contributed by atoms with van der Waals surface area (Å²) in [6.07, 6.45) is -2.28. The van der Waals surface area contributed by atoms with Crippen molar-refractivity contribution in [2.24, 2.45) is 0 Å². The summed E-state index contributed by atoms with van der Waals surface area (Å²) in [5.41, 5.74) is 5.37. The molecule has 0 unspecified atom stereocenters. The molecule has 1 saturated heterocycles. The topological polar surface area (TPSA) is 46.2 Å². The van der Waals surface area contributed by atoms with Crippen LogP contribution in [0.3, 0.4) is 0 Å². The van der Waals surface area contributed by atoms with Gasteiger partial charge in [0.15, 0.2) is 0 Å². The van der Waals surface area contributed by atoms with Crippen molar-refractivity contribution in [3.63, 3.8) is 0 Å². The van der Waals surface area contributed by atoms with Gasteiger partial charge in [-0.1, -0.05) is 158 Å². The maximum absolute atomic E-state index is 7.09. The number of ether oxygens (including phenoxy) is 5. The Hall–Kier alpha value is -4.62. The van der Waals surface area contributed by atoms with Crippen molar-refractivity contribution in [2.75, 3.05) is 6.61 Å². The van der Waals surface area contributed by atoms with Crippen LogP contribution in [0.2, 0.25) is 0 Å². The van der Waals surface area contributed by atoms with Crippen molar-refractivity contribution in [3.8, 4) is 0 Å². The van der Waals surface area contributed by atoms with Gasteiger partial charge in [0.2, 0.25) is 0 Å². The maximum Gasteiger partial charge on any atom is 0.117 e. The van der Waals surface area contributed by atoms with Crippen molar-refractivity contribution in [3.05, 3.63) is 192 Å². The second-order valence-electron chi connectivity index (χ2n) is 12.5. The van der Waals surface area contributed by atoms with Gasteiger partial charge in [-0.05, 0) is 44.7 Å².